The number of amides is 1. The van der Waals surface area contributed by atoms with Crippen LogP contribution in [-0.4, -0.2) is 52.1 Å². The highest BCUT2D eigenvalue weighted by Crippen LogP contribution is 2.70. The first-order valence-corrected chi connectivity index (χ1v) is 13.8. The number of fused-ring (bicyclic) bond motifs is 5. The highest BCUT2D eigenvalue weighted by atomic mass is 16.6. The Bertz CT molecular complexity index is 1110. The van der Waals surface area contributed by atoms with E-state index in [2.05, 4.69) is 19.9 Å². The fraction of sp³-hybridized carbons (Fsp3) is 0.724. The van der Waals surface area contributed by atoms with Crippen LogP contribution >= 0.6 is 0 Å². The third-order valence-electron chi connectivity index (χ3n) is 11.1. The van der Waals surface area contributed by atoms with E-state index < -0.39 is 11.7 Å². The van der Waals surface area contributed by atoms with E-state index in [0.717, 1.165) is 56.9 Å². The second-order valence-corrected chi connectivity index (χ2v) is 12.6. The van der Waals surface area contributed by atoms with E-state index in [4.69, 9.17) is 9.15 Å². The van der Waals surface area contributed by atoms with Crippen molar-refractivity contribution in [2.45, 2.75) is 95.4 Å². The van der Waals surface area contributed by atoms with Crippen molar-refractivity contribution in [2.24, 2.45) is 22.7 Å². The van der Waals surface area contributed by atoms with Crippen molar-refractivity contribution < 1.29 is 24.2 Å². The molecule has 0 aromatic carbocycles. The van der Waals surface area contributed by atoms with Gasteiger partial charge in [0.2, 0.25) is 0 Å². The number of hydrogen-bond donors (Lipinski definition) is 2. The Labute approximate surface area is 212 Å². The first-order valence-electron chi connectivity index (χ1n) is 13.8. The van der Waals surface area contributed by atoms with E-state index in [1.54, 1.807) is 11.2 Å². The molecule has 1 aliphatic heterocycles. The summed E-state index contributed by atoms with van der Waals surface area (Å²) in [5.41, 5.74) is 1.14. The molecule has 7 heteroatoms. The van der Waals surface area contributed by atoms with Crippen molar-refractivity contribution in [1.29, 1.82) is 0 Å². The van der Waals surface area contributed by atoms with Gasteiger partial charge in [-0.3, -0.25) is 0 Å². The monoisotopic (exact) mass is 497 g/mol. The van der Waals surface area contributed by atoms with Crippen molar-refractivity contribution >= 4 is 6.09 Å². The zero-order valence-corrected chi connectivity index (χ0v) is 21.4. The molecule has 2 heterocycles. The average molecular weight is 498 g/mol. The van der Waals surface area contributed by atoms with Gasteiger partial charge in [0.1, 0.15) is 6.10 Å². The molecule has 0 bridgehead atoms. The molecule has 5 aliphatic rings. The van der Waals surface area contributed by atoms with Gasteiger partial charge in [-0.15, -0.1) is 0 Å². The third kappa shape index (κ3) is 3.52. The first kappa shape index (κ1) is 24.2. The Balaban J connectivity index is 1.21. The molecule has 1 aromatic rings. The van der Waals surface area contributed by atoms with Crippen LogP contribution in [0.25, 0.3) is 0 Å². The lowest BCUT2D eigenvalue weighted by molar-refractivity contribution is -0.178. The number of aliphatic hydroxyl groups is 2. The maximum Gasteiger partial charge on any atom is 0.410 e. The minimum Gasteiger partial charge on any atom is -0.442 e. The van der Waals surface area contributed by atoms with Gasteiger partial charge in [-0.1, -0.05) is 19.4 Å². The van der Waals surface area contributed by atoms with Crippen molar-refractivity contribution in [2.75, 3.05) is 13.1 Å². The lowest BCUT2D eigenvalue weighted by Crippen LogP contribution is -2.60. The van der Waals surface area contributed by atoms with Crippen LogP contribution in [-0.2, 0) is 4.74 Å². The number of carbonyl (C=O) groups is 1. The fourth-order valence-corrected chi connectivity index (χ4v) is 8.97. The molecule has 4 aliphatic carbocycles. The largest absolute Gasteiger partial charge is 0.442 e. The molecule has 2 N–H and O–H groups in total. The number of hydrogen-bond acceptors (Lipinski definition) is 6. The number of carbonyl (C=O) groups excluding carboxylic acids is 1. The SMILES string of the molecule is C[C@]12CC[C@H](OC(=O)N3CCC(O)C3)C=C1CC[C@@H]1[C@@H]2CC[C@]2(C)[C@@H](c3ccc(=O)oc3)CC[C@]12O. The number of aliphatic hydroxyl groups excluding tert-OH is 1. The molecule has 0 spiro atoms. The minimum atomic E-state index is -0.731. The average Bonchev–Trinajstić information content (AvgIpc) is 3.41. The Kier molecular flexibility index (Phi) is 5.69. The Hall–Kier alpha value is -2.12. The van der Waals surface area contributed by atoms with E-state index >= 15 is 0 Å². The van der Waals surface area contributed by atoms with Gasteiger partial charge in [-0.2, -0.15) is 0 Å². The lowest BCUT2D eigenvalue weighted by atomic mass is 9.45. The molecule has 4 fully saturated rings. The molecule has 1 aromatic heterocycles. The van der Waals surface area contributed by atoms with Crippen LogP contribution < -0.4 is 5.63 Å². The fourth-order valence-electron chi connectivity index (χ4n) is 8.97. The Morgan fingerprint density at radius 1 is 1.08 bits per heavy atom. The van der Waals surface area contributed by atoms with E-state index in [1.165, 1.54) is 11.6 Å². The second-order valence-electron chi connectivity index (χ2n) is 12.6. The highest BCUT2D eigenvalue weighted by Gasteiger charge is 2.66. The van der Waals surface area contributed by atoms with Crippen LogP contribution in [0.5, 0.6) is 0 Å². The number of allylic oxidation sites excluding steroid dienone is 1. The van der Waals surface area contributed by atoms with E-state index in [1.807, 2.05) is 6.07 Å². The number of β-amino-alcohol motifs (C(OH)–C–C–N with tert-alkyl or cyclic N) is 1. The summed E-state index contributed by atoms with van der Waals surface area (Å²) in [4.78, 5) is 25.7. The number of likely N-dealkylation sites (tertiary alicyclic amines) is 1. The molecule has 3 saturated carbocycles. The van der Waals surface area contributed by atoms with Crippen molar-refractivity contribution in [1.82, 2.24) is 4.90 Å². The molecule has 196 valence electrons. The molecule has 1 amide bonds. The van der Waals surface area contributed by atoms with Crippen molar-refractivity contribution in [3.8, 4) is 0 Å². The number of ether oxygens (including phenoxy) is 1. The van der Waals surface area contributed by atoms with Crippen molar-refractivity contribution in [3.05, 3.63) is 46.0 Å². The number of rotatable bonds is 2. The van der Waals surface area contributed by atoms with Gasteiger partial charge in [0.15, 0.2) is 0 Å². The minimum absolute atomic E-state index is 0.0182. The standard InChI is InChI=1S/C29H39NO6/c1-27-11-7-21(36-26(33)30-14-10-20(31)16-30)15-19(27)4-5-24-23(27)8-12-28(2)22(9-13-29(24,28)34)18-3-6-25(32)35-17-18/h3,6,15,17,20-24,31,34H,4-5,7-14,16H2,1-2H3/t20?,21-,22+,23-,24+,27-,28+,29-/m0/s1. The van der Waals surface area contributed by atoms with Crippen LogP contribution in [0.15, 0.2) is 39.3 Å². The Morgan fingerprint density at radius 3 is 2.64 bits per heavy atom. The summed E-state index contributed by atoms with van der Waals surface area (Å²) in [6.45, 7) is 5.54. The van der Waals surface area contributed by atoms with E-state index in [-0.39, 0.29) is 40.5 Å². The zero-order chi connectivity index (χ0) is 25.3. The van der Waals surface area contributed by atoms with E-state index in [9.17, 15) is 19.8 Å². The second kappa shape index (κ2) is 8.45. The molecule has 8 atom stereocenters. The summed E-state index contributed by atoms with van der Waals surface area (Å²) in [6, 6.07) is 3.38. The number of nitrogens with zero attached hydrogens (tertiary/aromatic N) is 1. The molecule has 0 radical (unpaired) electrons. The summed E-state index contributed by atoms with van der Waals surface area (Å²) >= 11 is 0. The first-order chi connectivity index (χ1) is 17.1. The van der Waals surface area contributed by atoms with Crippen LogP contribution in [0.3, 0.4) is 0 Å². The molecule has 1 unspecified atom stereocenters. The van der Waals surface area contributed by atoms with Gasteiger partial charge < -0.3 is 24.3 Å². The molecule has 36 heavy (non-hydrogen) atoms. The van der Waals surface area contributed by atoms with Crippen LogP contribution in [0.4, 0.5) is 4.79 Å². The third-order valence-corrected chi connectivity index (χ3v) is 11.1. The maximum atomic E-state index is 12.6. The van der Waals surface area contributed by atoms with Gasteiger partial charge >= 0.3 is 11.7 Å². The van der Waals surface area contributed by atoms with E-state index in [0.29, 0.717) is 25.4 Å². The predicted octanol–water partition coefficient (Wildman–Crippen LogP) is 4.37. The normalized spacial score (nSPS) is 43.8. The van der Waals surface area contributed by atoms with Crippen molar-refractivity contribution in [3.63, 3.8) is 0 Å². The quantitative estimate of drug-likeness (QED) is 0.589. The van der Waals surface area contributed by atoms with Gasteiger partial charge in [0.25, 0.3) is 0 Å². The summed E-state index contributed by atoms with van der Waals surface area (Å²) in [6.07, 6.45) is 10.8. The van der Waals surface area contributed by atoms with Gasteiger partial charge in [-0.05, 0) is 98.7 Å². The Morgan fingerprint density at radius 2 is 1.92 bits per heavy atom. The maximum absolute atomic E-state index is 12.6. The summed E-state index contributed by atoms with van der Waals surface area (Å²) < 4.78 is 11.1. The molecule has 1 saturated heterocycles. The predicted molar refractivity (Wildman–Crippen MR) is 133 cm³/mol. The topological polar surface area (TPSA) is 100 Å². The molecule has 6 rings (SSSR count). The lowest BCUT2D eigenvalue weighted by Gasteiger charge is -2.61. The van der Waals surface area contributed by atoms with Crippen LogP contribution in [0, 0.1) is 22.7 Å². The highest BCUT2D eigenvalue weighted by molar-refractivity contribution is 5.68. The van der Waals surface area contributed by atoms with Crippen LogP contribution in [0.1, 0.15) is 83.1 Å². The summed E-state index contributed by atoms with van der Waals surface area (Å²) in [5, 5.41) is 22.1. The molecule has 7 nitrogen and oxygen atoms in total. The van der Waals surface area contributed by atoms with Gasteiger partial charge in [0, 0.05) is 24.6 Å². The van der Waals surface area contributed by atoms with Crippen LogP contribution in [0.2, 0.25) is 0 Å². The smallest absolute Gasteiger partial charge is 0.410 e. The summed E-state index contributed by atoms with van der Waals surface area (Å²) in [7, 11) is 0. The summed E-state index contributed by atoms with van der Waals surface area (Å²) in [5.74, 6) is 0.842. The molecular weight excluding hydrogens is 458 g/mol. The van der Waals surface area contributed by atoms with Gasteiger partial charge in [-0.25, -0.2) is 9.59 Å². The molecular formula is C29H39NO6. The zero-order valence-electron chi connectivity index (χ0n) is 21.4. The van der Waals surface area contributed by atoms with Gasteiger partial charge in [0.05, 0.1) is 18.0 Å².